The van der Waals surface area contributed by atoms with E-state index >= 15 is 0 Å². The molecule has 7 nitrogen and oxygen atoms in total. The molecule has 2 heterocycles. The summed E-state index contributed by atoms with van der Waals surface area (Å²) >= 11 is 0. The largest absolute Gasteiger partial charge is 0.498 e. The van der Waals surface area contributed by atoms with Crippen LogP contribution in [0, 0.1) is 0 Å². The number of ether oxygens (including phenoxy) is 1. The molecule has 1 aliphatic heterocycles. The molecule has 3 N–H and O–H groups in total. The summed E-state index contributed by atoms with van der Waals surface area (Å²) in [6.07, 6.45) is -0.585. The van der Waals surface area contributed by atoms with E-state index < -0.39 is 30.0 Å². The minimum Gasteiger partial charge on any atom is -0.444 e. The zero-order chi connectivity index (χ0) is 18.3. The summed E-state index contributed by atoms with van der Waals surface area (Å²) in [4.78, 5) is 16.0. The molecule has 1 aromatic heterocycles. The van der Waals surface area contributed by atoms with E-state index in [-0.39, 0.29) is 5.82 Å². The van der Waals surface area contributed by atoms with Crippen molar-refractivity contribution in [2.75, 3.05) is 11.1 Å². The summed E-state index contributed by atoms with van der Waals surface area (Å²) in [6, 6.07) is 3.37. The minimum atomic E-state index is -0.599. The van der Waals surface area contributed by atoms with Crippen molar-refractivity contribution >= 4 is 30.3 Å². The summed E-state index contributed by atoms with van der Waals surface area (Å²) in [5.74, 6) is 0.545. The number of carbonyl (C=O) groups excluding carboxylic acids is 1. The van der Waals surface area contributed by atoms with Gasteiger partial charge in [0.1, 0.15) is 17.2 Å². The van der Waals surface area contributed by atoms with Crippen molar-refractivity contribution in [3.8, 4) is 0 Å². The van der Waals surface area contributed by atoms with Crippen LogP contribution in [0.1, 0.15) is 48.5 Å². The third-order valence-corrected chi connectivity index (χ3v) is 4.09. The molecular formula is C16H26BN3O4. The first-order chi connectivity index (χ1) is 10.8. The van der Waals surface area contributed by atoms with E-state index in [1.807, 2.05) is 27.7 Å². The molecule has 0 unspecified atom stereocenters. The Kier molecular flexibility index (Phi) is 4.58. The molecule has 0 radical (unpaired) electrons. The zero-order valence-electron chi connectivity index (χ0n) is 15.4. The van der Waals surface area contributed by atoms with Crippen LogP contribution >= 0.6 is 0 Å². The Balaban J connectivity index is 2.13. The highest BCUT2D eigenvalue weighted by atomic mass is 16.7. The molecule has 1 aromatic rings. The van der Waals surface area contributed by atoms with E-state index in [0.29, 0.717) is 11.3 Å². The summed E-state index contributed by atoms with van der Waals surface area (Å²) in [5.41, 5.74) is 5.14. The molecule has 1 saturated heterocycles. The molecule has 1 aliphatic rings. The number of nitrogen functional groups attached to an aromatic ring is 1. The number of nitrogens with one attached hydrogen (secondary N) is 1. The normalized spacial score (nSPS) is 19.2. The number of nitrogens with two attached hydrogens (primary N) is 1. The van der Waals surface area contributed by atoms with Crippen LogP contribution in [0.3, 0.4) is 0 Å². The Morgan fingerprint density at radius 3 is 2.21 bits per heavy atom. The number of hydrogen-bond donors (Lipinski definition) is 2. The molecule has 132 valence electrons. The van der Waals surface area contributed by atoms with Gasteiger partial charge in [0.25, 0.3) is 0 Å². The van der Waals surface area contributed by atoms with E-state index in [1.54, 1.807) is 32.9 Å². The van der Waals surface area contributed by atoms with E-state index in [1.165, 1.54) is 0 Å². The molecular weight excluding hydrogens is 309 g/mol. The van der Waals surface area contributed by atoms with Crippen LogP contribution in [-0.2, 0) is 14.0 Å². The Labute approximate surface area is 143 Å². The molecule has 1 fully saturated rings. The van der Waals surface area contributed by atoms with Crippen molar-refractivity contribution in [1.82, 2.24) is 4.98 Å². The maximum Gasteiger partial charge on any atom is 0.498 e. The van der Waals surface area contributed by atoms with E-state index in [2.05, 4.69) is 10.3 Å². The van der Waals surface area contributed by atoms with Crippen LogP contribution in [0.5, 0.6) is 0 Å². The fourth-order valence-electron chi connectivity index (χ4n) is 2.13. The number of amides is 1. The molecule has 1 amide bonds. The van der Waals surface area contributed by atoms with E-state index in [4.69, 9.17) is 19.8 Å². The van der Waals surface area contributed by atoms with Gasteiger partial charge in [0, 0.05) is 5.46 Å². The number of nitrogens with zero attached hydrogens (tertiary/aromatic N) is 1. The predicted octanol–water partition coefficient (Wildman–Crippen LogP) is 2.31. The first kappa shape index (κ1) is 18.5. The molecule has 0 aliphatic carbocycles. The van der Waals surface area contributed by atoms with Crippen molar-refractivity contribution in [2.24, 2.45) is 0 Å². The highest BCUT2D eigenvalue weighted by Gasteiger charge is 2.52. The Morgan fingerprint density at radius 1 is 1.21 bits per heavy atom. The van der Waals surface area contributed by atoms with Gasteiger partial charge in [-0.1, -0.05) is 6.07 Å². The van der Waals surface area contributed by atoms with Gasteiger partial charge in [-0.25, -0.2) is 9.78 Å². The van der Waals surface area contributed by atoms with Gasteiger partial charge < -0.3 is 19.8 Å². The van der Waals surface area contributed by atoms with Gasteiger partial charge in [-0.05, 0) is 54.5 Å². The van der Waals surface area contributed by atoms with E-state index in [0.717, 1.165) is 0 Å². The SMILES string of the molecule is CC(C)(C)OC(=O)Nc1ccc(B2OC(C)(C)C(C)(C)O2)c(N)n1. The number of aromatic nitrogens is 1. The second-order valence-corrected chi connectivity index (χ2v) is 7.89. The first-order valence-electron chi connectivity index (χ1n) is 7.93. The molecule has 2 rings (SSSR count). The topological polar surface area (TPSA) is 95.7 Å². The molecule has 8 heteroatoms. The Bertz CT molecular complexity index is 625. The van der Waals surface area contributed by atoms with Crippen molar-refractivity contribution in [3.05, 3.63) is 12.1 Å². The summed E-state index contributed by atoms with van der Waals surface area (Å²) < 4.78 is 17.1. The quantitative estimate of drug-likeness (QED) is 0.805. The maximum absolute atomic E-state index is 11.8. The number of anilines is 2. The first-order valence-corrected chi connectivity index (χ1v) is 7.93. The van der Waals surface area contributed by atoms with Crippen LogP contribution in [-0.4, -0.2) is 35.0 Å². The predicted molar refractivity (Wildman–Crippen MR) is 94.2 cm³/mol. The molecule has 24 heavy (non-hydrogen) atoms. The molecule has 0 atom stereocenters. The summed E-state index contributed by atoms with van der Waals surface area (Å²) in [7, 11) is -0.599. The van der Waals surface area contributed by atoms with Crippen LogP contribution in [0.25, 0.3) is 0 Å². The maximum atomic E-state index is 11.8. The number of carbonyl (C=O) groups is 1. The highest BCUT2D eigenvalue weighted by molar-refractivity contribution is 6.63. The Morgan fingerprint density at radius 2 is 1.75 bits per heavy atom. The third kappa shape index (κ3) is 3.99. The fraction of sp³-hybridized carbons (Fsp3) is 0.625. The van der Waals surface area contributed by atoms with Crippen LogP contribution in [0.2, 0.25) is 0 Å². The van der Waals surface area contributed by atoms with Gasteiger partial charge in [-0.3, -0.25) is 5.32 Å². The molecule has 0 saturated carbocycles. The lowest BCUT2D eigenvalue weighted by Gasteiger charge is -2.32. The molecule has 0 aromatic carbocycles. The van der Waals surface area contributed by atoms with Crippen molar-refractivity contribution in [3.63, 3.8) is 0 Å². The lowest BCUT2D eigenvalue weighted by Crippen LogP contribution is -2.41. The lowest BCUT2D eigenvalue weighted by molar-refractivity contribution is 0.00578. The molecule has 0 spiro atoms. The van der Waals surface area contributed by atoms with Crippen molar-refractivity contribution < 1.29 is 18.8 Å². The van der Waals surface area contributed by atoms with Crippen LogP contribution in [0.4, 0.5) is 16.4 Å². The van der Waals surface area contributed by atoms with E-state index in [9.17, 15) is 4.79 Å². The number of pyridine rings is 1. The van der Waals surface area contributed by atoms with Gasteiger partial charge >= 0.3 is 13.2 Å². The average molecular weight is 335 g/mol. The van der Waals surface area contributed by atoms with Gasteiger partial charge in [0.2, 0.25) is 0 Å². The molecule has 0 bridgehead atoms. The van der Waals surface area contributed by atoms with Gasteiger partial charge in [-0.15, -0.1) is 0 Å². The van der Waals surface area contributed by atoms with Crippen molar-refractivity contribution in [2.45, 2.75) is 65.3 Å². The second-order valence-electron chi connectivity index (χ2n) is 7.89. The zero-order valence-corrected chi connectivity index (χ0v) is 15.4. The lowest BCUT2D eigenvalue weighted by atomic mass is 9.79. The van der Waals surface area contributed by atoms with Crippen LogP contribution < -0.4 is 16.5 Å². The van der Waals surface area contributed by atoms with Crippen LogP contribution in [0.15, 0.2) is 12.1 Å². The average Bonchev–Trinajstić information content (AvgIpc) is 2.55. The third-order valence-electron chi connectivity index (χ3n) is 4.09. The second kappa shape index (κ2) is 5.93. The van der Waals surface area contributed by atoms with Gasteiger partial charge in [-0.2, -0.15) is 0 Å². The van der Waals surface area contributed by atoms with Gasteiger partial charge in [0.05, 0.1) is 11.2 Å². The monoisotopic (exact) mass is 335 g/mol. The number of rotatable bonds is 2. The van der Waals surface area contributed by atoms with Gasteiger partial charge in [0.15, 0.2) is 0 Å². The smallest absolute Gasteiger partial charge is 0.444 e. The highest BCUT2D eigenvalue weighted by Crippen LogP contribution is 2.36. The summed E-state index contributed by atoms with van der Waals surface area (Å²) in [5, 5.41) is 2.56. The minimum absolute atomic E-state index is 0.238. The van der Waals surface area contributed by atoms with Crippen molar-refractivity contribution in [1.29, 1.82) is 0 Å². The fourth-order valence-corrected chi connectivity index (χ4v) is 2.13. The summed E-state index contributed by atoms with van der Waals surface area (Å²) in [6.45, 7) is 13.2. The standard InChI is InChI=1S/C16H26BN3O4/c1-14(2,3)22-13(21)20-11-9-8-10(12(18)19-11)17-23-15(4,5)16(6,7)24-17/h8-9H,1-7H3,(H3,18,19,20,21). The Hall–Kier alpha value is -1.80. The number of hydrogen-bond acceptors (Lipinski definition) is 6.